The van der Waals surface area contributed by atoms with Gasteiger partial charge >= 0.3 is 0 Å². The number of aromatic nitrogens is 4. The first-order valence-corrected chi connectivity index (χ1v) is 10.9. The zero-order valence-electron chi connectivity index (χ0n) is 19.0. The number of hydrogen-bond acceptors (Lipinski definition) is 8. The number of carbonyl (C=O) groups excluding carboxylic acids is 2. The average Bonchev–Trinajstić information content (AvgIpc) is 3.59. The zero-order chi connectivity index (χ0) is 24.4. The van der Waals surface area contributed by atoms with E-state index in [1.165, 1.54) is 6.20 Å². The number of likely N-dealkylation sites (N-methyl/N-ethyl adjacent to an activating group) is 1. The molecule has 2 amide bonds. The Kier molecular flexibility index (Phi) is 5.88. The smallest absolute Gasteiger partial charge is 0.263 e. The minimum atomic E-state index is -0.615. The van der Waals surface area contributed by atoms with E-state index in [4.69, 9.17) is 14.0 Å². The first kappa shape index (κ1) is 22.1. The Hall–Kier alpha value is -4.67. The van der Waals surface area contributed by atoms with Crippen LogP contribution in [0.5, 0.6) is 17.2 Å². The number of ether oxygens (including phenoxy) is 2. The molecule has 5 rings (SSSR count). The van der Waals surface area contributed by atoms with Crippen molar-refractivity contribution in [2.75, 3.05) is 18.9 Å². The van der Waals surface area contributed by atoms with Gasteiger partial charge in [-0.2, -0.15) is 10.1 Å². The number of nitrogens with zero attached hydrogens (tertiary/aromatic N) is 4. The van der Waals surface area contributed by atoms with Gasteiger partial charge in [-0.15, -0.1) is 0 Å². The number of likely N-dealkylation sites (tertiary alicyclic amines) is 1. The van der Waals surface area contributed by atoms with Crippen molar-refractivity contribution in [2.24, 2.45) is 0 Å². The highest BCUT2D eigenvalue weighted by atomic mass is 16.5. The Bertz CT molecular complexity index is 1350. The number of H-pyrrole nitrogens is 1. The van der Waals surface area contributed by atoms with Crippen molar-refractivity contribution < 1.29 is 23.6 Å². The van der Waals surface area contributed by atoms with Crippen molar-refractivity contribution in [2.45, 2.75) is 19.4 Å². The Balaban J connectivity index is 1.40. The fourth-order valence-corrected chi connectivity index (χ4v) is 3.63. The highest BCUT2D eigenvalue weighted by molar-refractivity contribution is 6.04. The molecule has 2 N–H and O–H groups in total. The van der Waals surface area contributed by atoms with Gasteiger partial charge < -0.3 is 24.2 Å². The van der Waals surface area contributed by atoms with Gasteiger partial charge in [0.05, 0.1) is 6.20 Å². The lowest BCUT2D eigenvalue weighted by Crippen LogP contribution is -2.29. The number of rotatable bonds is 7. The van der Waals surface area contributed by atoms with Crippen molar-refractivity contribution in [1.82, 2.24) is 25.2 Å². The molecule has 3 heterocycles. The molecule has 11 heteroatoms. The second kappa shape index (κ2) is 9.29. The van der Waals surface area contributed by atoms with E-state index in [0.717, 1.165) is 5.56 Å². The van der Waals surface area contributed by atoms with Crippen molar-refractivity contribution >= 4 is 17.6 Å². The topological polar surface area (TPSA) is 135 Å². The van der Waals surface area contributed by atoms with E-state index in [9.17, 15) is 9.59 Å². The van der Waals surface area contributed by atoms with Gasteiger partial charge in [0.25, 0.3) is 17.7 Å². The summed E-state index contributed by atoms with van der Waals surface area (Å²) in [6.45, 7) is 2.36. The third kappa shape index (κ3) is 4.98. The molecule has 35 heavy (non-hydrogen) atoms. The van der Waals surface area contributed by atoms with Crippen LogP contribution >= 0.6 is 0 Å². The Morgan fingerprint density at radius 1 is 1.14 bits per heavy atom. The van der Waals surface area contributed by atoms with Crippen LogP contribution in [0.2, 0.25) is 0 Å². The fraction of sp³-hybridized carbons (Fsp3) is 0.208. The maximum atomic E-state index is 12.9. The van der Waals surface area contributed by atoms with Gasteiger partial charge in [0, 0.05) is 43.3 Å². The molecular formula is C24H22N6O5. The number of aryl methyl sites for hydroxylation is 1. The van der Waals surface area contributed by atoms with E-state index in [1.54, 1.807) is 67.4 Å². The third-order valence-electron chi connectivity index (χ3n) is 5.41. The number of benzene rings is 2. The molecule has 4 aromatic rings. The van der Waals surface area contributed by atoms with Crippen LogP contribution in [0, 0.1) is 6.92 Å². The number of amides is 2. The second-order valence-electron chi connectivity index (χ2n) is 8.05. The molecule has 1 unspecified atom stereocenters. The lowest BCUT2D eigenvalue weighted by atomic mass is 10.1. The first-order chi connectivity index (χ1) is 16.9. The fourth-order valence-electron chi connectivity index (χ4n) is 3.63. The van der Waals surface area contributed by atoms with Crippen LogP contribution in [0.25, 0.3) is 11.5 Å². The van der Waals surface area contributed by atoms with Gasteiger partial charge in [0.15, 0.2) is 11.9 Å². The van der Waals surface area contributed by atoms with E-state index in [2.05, 4.69) is 25.7 Å². The molecule has 0 radical (unpaired) electrons. The van der Waals surface area contributed by atoms with Crippen LogP contribution in [0.4, 0.5) is 5.82 Å². The molecule has 1 aliphatic heterocycles. The van der Waals surface area contributed by atoms with E-state index >= 15 is 0 Å². The molecule has 0 saturated carbocycles. The van der Waals surface area contributed by atoms with Gasteiger partial charge in [-0.05, 0) is 43.3 Å². The summed E-state index contributed by atoms with van der Waals surface area (Å²) < 4.78 is 17.1. The van der Waals surface area contributed by atoms with E-state index in [-0.39, 0.29) is 11.8 Å². The van der Waals surface area contributed by atoms with Crippen LogP contribution in [0.1, 0.15) is 22.6 Å². The molecule has 1 aliphatic rings. The Labute approximate surface area is 200 Å². The normalized spacial score (nSPS) is 15.3. The minimum Gasteiger partial charge on any atom is -0.480 e. The molecule has 2 aromatic carbocycles. The van der Waals surface area contributed by atoms with Gasteiger partial charge in [-0.3, -0.25) is 14.7 Å². The van der Waals surface area contributed by atoms with Gasteiger partial charge in [-0.1, -0.05) is 5.16 Å². The maximum absolute atomic E-state index is 12.9. The summed E-state index contributed by atoms with van der Waals surface area (Å²) in [5.74, 6) is 2.16. The second-order valence-corrected chi connectivity index (χ2v) is 8.05. The summed E-state index contributed by atoms with van der Waals surface area (Å²) in [5, 5.41) is 13.0. The monoisotopic (exact) mass is 474 g/mol. The summed E-state index contributed by atoms with van der Waals surface area (Å²) in [4.78, 5) is 31.0. The number of hydrogen-bond donors (Lipinski definition) is 2. The molecule has 2 aromatic heterocycles. The molecule has 0 spiro atoms. The van der Waals surface area contributed by atoms with Crippen LogP contribution in [0.15, 0.2) is 59.3 Å². The molecule has 1 fully saturated rings. The number of aromatic amines is 1. The van der Waals surface area contributed by atoms with E-state index in [0.29, 0.717) is 53.3 Å². The summed E-state index contributed by atoms with van der Waals surface area (Å²) in [5.41, 5.74) is 1.04. The van der Waals surface area contributed by atoms with Crippen LogP contribution < -0.4 is 14.8 Å². The maximum Gasteiger partial charge on any atom is 0.263 e. The van der Waals surface area contributed by atoms with E-state index < -0.39 is 6.10 Å². The predicted molar refractivity (Wildman–Crippen MR) is 124 cm³/mol. The molecule has 1 saturated heterocycles. The quantitative estimate of drug-likeness (QED) is 0.416. The van der Waals surface area contributed by atoms with Crippen molar-refractivity contribution in [3.8, 4) is 28.7 Å². The van der Waals surface area contributed by atoms with Gasteiger partial charge in [-0.25, -0.2) is 0 Å². The summed E-state index contributed by atoms with van der Waals surface area (Å²) in [7, 11) is 1.73. The number of anilines is 1. The molecule has 1 atom stereocenters. The molecule has 0 bridgehead atoms. The Morgan fingerprint density at radius 2 is 1.94 bits per heavy atom. The SMILES string of the molecule is Cc1noc(-c2ccc(Oc3cc(OC4CCN(C)C4=O)cc(C(=O)Nc4ccn[nH]4)c3)cc2)n1. The Morgan fingerprint density at radius 3 is 2.60 bits per heavy atom. The lowest BCUT2D eigenvalue weighted by molar-refractivity contribution is -0.132. The molecule has 178 valence electrons. The summed E-state index contributed by atoms with van der Waals surface area (Å²) in [6.07, 6.45) is 1.48. The first-order valence-electron chi connectivity index (χ1n) is 10.9. The predicted octanol–water partition coefficient (Wildman–Crippen LogP) is 3.42. The van der Waals surface area contributed by atoms with Gasteiger partial charge in [0.2, 0.25) is 0 Å². The van der Waals surface area contributed by atoms with Crippen LogP contribution in [-0.4, -0.2) is 56.7 Å². The molecular weight excluding hydrogens is 452 g/mol. The number of nitrogens with one attached hydrogen (secondary N) is 2. The summed E-state index contributed by atoms with van der Waals surface area (Å²) in [6, 6.07) is 13.5. The van der Waals surface area contributed by atoms with Crippen molar-refractivity contribution in [1.29, 1.82) is 0 Å². The van der Waals surface area contributed by atoms with Crippen LogP contribution in [0.3, 0.4) is 0 Å². The standard InChI is InChI=1S/C24H22N6O5/c1-14-26-23(35-29-14)15-3-5-17(6-4-15)33-18-11-16(22(31)27-21-7-9-25-28-21)12-19(13-18)34-20-8-10-30(2)24(20)32/h3-7,9,11-13,20H,8,10H2,1-2H3,(H2,25,27,28,31). The highest BCUT2D eigenvalue weighted by Crippen LogP contribution is 2.31. The van der Waals surface area contributed by atoms with Gasteiger partial charge in [0.1, 0.15) is 23.1 Å². The van der Waals surface area contributed by atoms with Crippen LogP contribution in [-0.2, 0) is 4.79 Å². The largest absolute Gasteiger partial charge is 0.480 e. The lowest BCUT2D eigenvalue weighted by Gasteiger charge is -2.15. The average molecular weight is 474 g/mol. The summed E-state index contributed by atoms with van der Waals surface area (Å²) >= 11 is 0. The number of carbonyl (C=O) groups is 2. The highest BCUT2D eigenvalue weighted by Gasteiger charge is 2.31. The minimum absolute atomic E-state index is 0.105. The van der Waals surface area contributed by atoms with Crippen molar-refractivity contribution in [3.63, 3.8) is 0 Å². The zero-order valence-corrected chi connectivity index (χ0v) is 19.0. The molecule has 11 nitrogen and oxygen atoms in total. The van der Waals surface area contributed by atoms with E-state index in [1.807, 2.05) is 0 Å². The molecule has 0 aliphatic carbocycles. The third-order valence-corrected chi connectivity index (χ3v) is 5.41. The van der Waals surface area contributed by atoms with Crippen molar-refractivity contribution in [3.05, 3.63) is 66.1 Å².